The van der Waals surface area contributed by atoms with Crippen LogP contribution in [0.4, 0.5) is 5.69 Å². The Labute approximate surface area is 127 Å². The average molecular weight is 289 g/mol. The molecule has 2 rings (SSSR count). The molecule has 0 atom stereocenters. The number of nitrogens with two attached hydrogens (primary N) is 1. The Hall–Kier alpha value is -1.55. The maximum Gasteiger partial charge on any atom is 0.221 e. The van der Waals surface area contributed by atoms with Crippen LogP contribution in [-0.2, 0) is 11.2 Å². The molecular formula is C17H27N3O. The second-order valence-electron chi connectivity index (χ2n) is 6.41. The van der Waals surface area contributed by atoms with Crippen LogP contribution in [0.25, 0.3) is 0 Å². The van der Waals surface area contributed by atoms with E-state index in [4.69, 9.17) is 5.73 Å². The lowest BCUT2D eigenvalue weighted by Gasteiger charge is -2.34. The quantitative estimate of drug-likeness (QED) is 0.844. The number of carbonyl (C=O) groups excluding carboxylic acids is 1. The molecule has 21 heavy (non-hydrogen) atoms. The third-order valence-corrected chi connectivity index (χ3v) is 3.95. The second kappa shape index (κ2) is 7.46. The van der Waals surface area contributed by atoms with Gasteiger partial charge < -0.3 is 16.0 Å². The third-order valence-electron chi connectivity index (χ3n) is 3.95. The van der Waals surface area contributed by atoms with E-state index in [1.807, 2.05) is 24.3 Å². The van der Waals surface area contributed by atoms with Crippen molar-refractivity contribution in [2.45, 2.75) is 39.2 Å². The number of carbonyl (C=O) groups is 1. The zero-order chi connectivity index (χ0) is 15.2. The molecule has 4 nitrogen and oxygen atoms in total. The molecular weight excluding hydrogens is 262 g/mol. The normalized spacial score (nSPS) is 17.1. The van der Waals surface area contributed by atoms with Crippen molar-refractivity contribution >= 4 is 11.6 Å². The van der Waals surface area contributed by atoms with Gasteiger partial charge in [-0.05, 0) is 30.4 Å². The van der Waals surface area contributed by atoms with Gasteiger partial charge in [0.05, 0.1) is 6.42 Å². The molecule has 1 aliphatic rings. The number of rotatable bonds is 6. The van der Waals surface area contributed by atoms with Crippen molar-refractivity contribution in [2.24, 2.45) is 11.7 Å². The van der Waals surface area contributed by atoms with Gasteiger partial charge in [-0.2, -0.15) is 0 Å². The van der Waals surface area contributed by atoms with E-state index in [1.165, 1.54) is 6.54 Å². The van der Waals surface area contributed by atoms with Gasteiger partial charge in [0.15, 0.2) is 0 Å². The molecule has 0 bridgehead atoms. The Balaban J connectivity index is 1.90. The van der Waals surface area contributed by atoms with Gasteiger partial charge in [0.25, 0.3) is 0 Å². The van der Waals surface area contributed by atoms with Crippen LogP contribution in [0.3, 0.4) is 0 Å². The minimum atomic E-state index is -0.281. The third kappa shape index (κ3) is 5.05. The number of benzene rings is 1. The number of para-hydroxylation sites is 1. The molecule has 0 saturated carbocycles. The number of amides is 1. The highest BCUT2D eigenvalue weighted by Crippen LogP contribution is 2.21. The van der Waals surface area contributed by atoms with Gasteiger partial charge >= 0.3 is 0 Å². The summed E-state index contributed by atoms with van der Waals surface area (Å²) in [7, 11) is 0. The van der Waals surface area contributed by atoms with Crippen molar-refractivity contribution in [3.8, 4) is 0 Å². The Morgan fingerprint density at radius 1 is 1.33 bits per heavy atom. The van der Waals surface area contributed by atoms with Crippen molar-refractivity contribution in [3.05, 3.63) is 29.8 Å². The van der Waals surface area contributed by atoms with Crippen molar-refractivity contribution in [2.75, 3.05) is 25.0 Å². The summed E-state index contributed by atoms with van der Waals surface area (Å²) in [5.41, 5.74) is 7.37. The summed E-state index contributed by atoms with van der Waals surface area (Å²) in [4.78, 5) is 13.7. The van der Waals surface area contributed by atoms with E-state index >= 15 is 0 Å². The molecule has 1 aromatic rings. The van der Waals surface area contributed by atoms with Crippen LogP contribution >= 0.6 is 0 Å². The average Bonchev–Trinajstić information content (AvgIpc) is 2.42. The number of piperidine rings is 1. The molecule has 3 N–H and O–H groups in total. The second-order valence-corrected chi connectivity index (χ2v) is 6.41. The van der Waals surface area contributed by atoms with E-state index in [2.05, 4.69) is 24.1 Å². The van der Waals surface area contributed by atoms with Gasteiger partial charge in [-0.3, -0.25) is 4.79 Å². The summed E-state index contributed by atoms with van der Waals surface area (Å²) >= 11 is 0. The number of primary amides is 1. The summed E-state index contributed by atoms with van der Waals surface area (Å²) in [5, 5.41) is 3.59. The van der Waals surface area contributed by atoms with Gasteiger partial charge in [0.2, 0.25) is 5.91 Å². The highest BCUT2D eigenvalue weighted by molar-refractivity contribution is 5.78. The summed E-state index contributed by atoms with van der Waals surface area (Å²) in [5.74, 6) is 0.446. The molecule has 1 heterocycles. The number of likely N-dealkylation sites (tertiary alicyclic amines) is 1. The molecule has 0 aromatic heterocycles. The van der Waals surface area contributed by atoms with Crippen LogP contribution in [0.2, 0.25) is 0 Å². The van der Waals surface area contributed by atoms with E-state index in [0.29, 0.717) is 12.5 Å². The topological polar surface area (TPSA) is 58.4 Å². The van der Waals surface area contributed by atoms with E-state index in [-0.39, 0.29) is 5.91 Å². The van der Waals surface area contributed by atoms with Crippen LogP contribution in [0.1, 0.15) is 32.3 Å². The van der Waals surface area contributed by atoms with Crippen LogP contribution in [-0.4, -0.2) is 36.5 Å². The highest BCUT2D eigenvalue weighted by atomic mass is 16.1. The zero-order valence-electron chi connectivity index (χ0n) is 13.1. The lowest BCUT2D eigenvalue weighted by molar-refractivity contribution is -0.117. The molecule has 116 valence electrons. The molecule has 4 heteroatoms. The molecule has 0 radical (unpaired) electrons. The Kier molecular flexibility index (Phi) is 5.62. The van der Waals surface area contributed by atoms with Gasteiger partial charge in [-0.15, -0.1) is 0 Å². The van der Waals surface area contributed by atoms with Gasteiger partial charge in [0.1, 0.15) is 0 Å². The zero-order valence-corrected chi connectivity index (χ0v) is 13.1. The maximum atomic E-state index is 11.1. The van der Waals surface area contributed by atoms with Crippen LogP contribution in [0.5, 0.6) is 0 Å². The first-order valence-corrected chi connectivity index (χ1v) is 7.89. The fourth-order valence-corrected chi connectivity index (χ4v) is 3.00. The number of hydrogen-bond donors (Lipinski definition) is 2. The fourth-order valence-electron chi connectivity index (χ4n) is 3.00. The molecule has 0 spiro atoms. The maximum absolute atomic E-state index is 11.1. The largest absolute Gasteiger partial charge is 0.382 e. The van der Waals surface area contributed by atoms with E-state index in [0.717, 1.165) is 43.1 Å². The lowest BCUT2D eigenvalue weighted by atomic mass is 10.0. The van der Waals surface area contributed by atoms with Gasteiger partial charge in [-0.1, -0.05) is 32.0 Å². The monoisotopic (exact) mass is 289 g/mol. The first kappa shape index (κ1) is 15.8. The van der Waals surface area contributed by atoms with Gasteiger partial charge in [-0.25, -0.2) is 0 Å². The predicted molar refractivity (Wildman–Crippen MR) is 87.3 cm³/mol. The summed E-state index contributed by atoms with van der Waals surface area (Å²) in [6.07, 6.45) is 2.60. The van der Waals surface area contributed by atoms with Crippen LogP contribution < -0.4 is 11.1 Å². The molecule has 0 aliphatic carbocycles. The minimum absolute atomic E-state index is 0.281. The fraction of sp³-hybridized carbons (Fsp3) is 0.588. The Bertz CT molecular complexity index is 465. The smallest absolute Gasteiger partial charge is 0.221 e. The summed E-state index contributed by atoms with van der Waals surface area (Å²) in [6.45, 7) is 8.02. The van der Waals surface area contributed by atoms with E-state index in [1.54, 1.807) is 0 Å². The number of nitrogens with zero attached hydrogens (tertiary/aromatic N) is 1. The van der Waals surface area contributed by atoms with Gasteiger partial charge in [0, 0.05) is 31.4 Å². The molecule has 1 aliphatic heterocycles. The SMILES string of the molecule is CC(C)CN1CCC(Nc2ccccc2CC(N)=O)CC1. The number of nitrogens with one attached hydrogen (secondary N) is 1. The predicted octanol–water partition coefficient (Wildman–Crippen LogP) is 2.25. The highest BCUT2D eigenvalue weighted by Gasteiger charge is 2.20. The minimum Gasteiger partial charge on any atom is -0.382 e. The molecule has 1 amide bonds. The van der Waals surface area contributed by atoms with Crippen LogP contribution in [0, 0.1) is 5.92 Å². The standard InChI is InChI=1S/C17H27N3O/c1-13(2)12-20-9-7-15(8-10-20)19-16-6-4-3-5-14(16)11-17(18)21/h3-6,13,15,19H,7-12H2,1-2H3,(H2,18,21). The molecule has 1 saturated heterocycles. The molecule has 1 fully saturated rings. The first-order valence-electron chi connectivity index (χ1n) is 7.89. The van der Waals surface area contributed by atoms with Crippen molar-refractivity contribution in [1.82, 2.24) is 4.90 Å². The lowest BCUT2D eigenvalue weighted by Crippen LogP contribution is -2.40. The van der Waals surface area contributed by atoms with Crippen LogP contribution in [0.15, 0.2) is 24.3 Å². The Morgan fingerprint density at radius 3 is 2.62 bits per heavy atom. The summed E-state index contributed by atoms with van der Waals surface area (Å²) < 4.78 is 0. The number of hydrogen-bond acceptors (Lipinski definition) is 3. The van der Waals surface area contributed by atoms with E-state index < -0.39 is 0 Å². The molecule has 1 aromatic carbocycles. The summed E-state index contributed by atoms with van der Waals surface area (Å²) in [6, 6.07) is 8.46. The number of anilines is 1. The first-order chi connectivity index (χ1) is 10.0. The van der Waals surface area contributed by atoms with E-state index in [9.17, 15) is 4.79 Å². The van der Waals surface area contributed by atoms with Crippen molar-refractivity contribution in [1.29, 1.82) is 0 Å². The van der Waals surface area contributed by atoms with Crippen molar-refractivity contribution < 1.29 is 4.79 Å². The van der Waals surface area contributed by atoms with Crippen molar-refractivity contribution in [3.63, 3.8) is 0 Å². The molecule has 0 unspecified atom stereocenters. The Morgan fingerprint density at radius 2 is 2.00 bits per heavy atom.